The Bertz CT molecular complexity index is 497. The molecule has 2 aromatic rings. The van der Waals surface area contributed by atoms with Gasteiger partial charge in [-0.1, -0.05) is 0 Å². The summed E-state index contributed by atoms with van der Waals surface area (Å²) in [5.41, 5.74) is 0.344. The van der Waals surface area contributed by atoms with Gasteiger partial charge in [-0.3, -0.25) is 9.89 Å². The number of halogens is 1. The highest BCUT2D eigenvalue weighted by Gasteiger charge is 2.05. The largest absolute Gasteiger partial charge is 0.352 e. The first-order chi connectivity index (χ1) is 8.75. The predicted molar refractivity (Wildman–Crippen MR) is 61.2 cm³/mol. The fourth-order valence-electron chi connectivity index (χ4n) is 1.42. The zero-order valence-corrected chi connectivity index (χ0v) is 9.56. The van der Waals surface area contributed by atoms with Crippen molar-refractivity contribution in [3.63, 3.8) is 0 Å². The number of H-pyrrole nitrogens is 1. The van der Waals surface area contributed by atoms with Crippen LogP contribution in [0.15, 0.2) is 24.7 Å². The topological polar surface area (TPSA) is 83.6 Å². The molecule has 0 aliphatic rings. The maximum absolute atomic E-state index is 12.6. The number of rotatable bonds is 5. The Morgan fingerprint density at radius 3 is 2.94 bits per heavy atom. The van der Waals surface area contributed by atoms with E-state index in [2.05, 4.69) is 25.5 Å². The highest BCUT2D eigenvalue weighted by atomic mass is 19.1. The number of pyridine rings is 1. The van der Waals surface area contributed by atoms with Gasteiger partial charge in [-0.2, -0.15) is 9.49 Å². The van der Waals surface area contributed by atoms with Gasteiger partial charge in [0.1, 0.15) is 12.2 Å². The number of nitrogens with one attached hydrogen (secondary N) is 2. The van der Waals surface area contributed by atoms with Crippen LogP contribution in [0.2, 0.25) is 0 Å². The summed E-state index contributed by atoms with van der Waals surface area (Å²) in [6.07, 6.45) is 4.11. The highest BCUT2D eigenvalue weighted by molar-refractivity contribution is 5.93. The van der Waals surface area contributed by atoms with Crippen molar-refractivity contribution in [2.24, 2.45) is 0 Å². The second-order valence-electron chi connectivity index (χ2n) is 3.66. The van der Waals surface area contributed by atoms with E-state index in [1.807, 2.05) is 0 Å². The lowest BCUT2D eigenvalue weighted by Gasteiger charge is -2.03. The number of carbonyl (C=O) groups is 1. The Hall–Kier alpha value is -2.31. The molecule has 6 nitrogen and oxygen atoms in total. The van der Waals surface area contributed by atoms with Crippen LogP contribution in [0.1, 0.15) is 22.6 Å². The summed E-state index contributed by atoms with van der Waals surface area (Å²) in [7, 11) is 0. The van der Waals surface area contributed by atoms with Crippen molar-refractivity contribution in [2.45, 2.75) is 12.8 Å². The van der Waals surface area contributed by atoms with Crippen LogP contribution in [0.4, 0.5) is 4.39 Å². The fraction of sp³-hybridized carbons (Fsp3) is 0.273. The van der Waals surface area contributed by atoms with Crippen molar-refractivity contribution in [1.29, 1.82) is 0 Å². The van der Waals surface area contributed by atoms with Crippen molar-refractivity contribution in [3.05, 3.63) is 42.0 Å². The molecule has 18 heavy (non-hydrogen) atoms. The minimum Gasteiger partial charge on any atom is -0.352 e. The van der Waals surface area contributed by atoms with E-state index in [1.54, 1.807) is 0 Å². The second kappa shape index (κ2) is 5.85. The minimum absolute atomic E-state index is 0.264. The van der Waals surface area contributed by atoms with Gasteiger partial charge in [0.05, 0.1) is 5.56 Å². The molecule has 7 heteroatoms. The molecule has 0 fully saturated rings. The van der Waals surface area contributed by atoms with Crippen molar-refractivity contribution in [3.8, 4) is 0 Å². The van der Waals surface area contributed by atoms with Gasteiger partial charge in [-0.05, 0) is 18.6 Å². The second-order valence-corrected chi connectivity index (χ2v) is 3.66. The van der Waals surface area contributed by atoms with Gasteiger partial charge in [-0.25, -0.2) is 9.97 Å². The van der Waals surface area contributed by atoms with Crippen LogP contribution in [0, 0.1) is 5.95 Å². The van der Waals surface area contributed by atoms with Crippen molar-refractivity contribution in [1.82, 2.24) is 25.5 Å². The molecule has 0 aliphatic heterocycles. The molecule has 0 aromatic carbocycles. The van der Waals surface area contributed by atoms with Crippen molar-refractivity contribution < 1.29 is 9.18 Å². The van der Waals surface area contributed by atoms with E-state index in [0.717, 1.165) is 18.3 Å². The zero-order chi connectivity index (χ0) is 12.8. The molecule has 0 unspecified atom stereocenters. The molecule has 0 spiro atoms. The van der Waals surface area contributed by atoms with Gasteiger partial charge in [-0.15, -0.1) is 0 Å². The Morgan fingerprint density at radius 2 is 2.28 bits per heavy atom. The predicted octanol–water partition coefficient (Wildman–Crippen LogP) is 0.701. The van der Waals surface area contributed by atoms with E-state index >= 15 is 0 Å². The minimum atomic E-state index is -0.600. The van der Waals surface area contributed by atoms with E-state index < -0.39 is 5.95 Å². The lowest BCUT2D eigenvalue weighted by atomic mass is 10.2. The van der Waals surface area contributed by atoms with Crippen LogP contribution in [-0.2, 0) is 6.42 Å². The molecular formula is C11H12FN5O. The maximum Gasteiger partial charge on any atom is 0.252 e. The molecule has 0 atom stereocenters. The van der Waals surface area contributed by atoms with Crippen LogP contribution in [0.5, 0.6) is 0 Å². The third kappa shape index (κ3) is 3.34. The number of amides is 1. The van der Waals surface area contributed by atoms with Gasteiger partial charge in [0, 0.05) is 19.2 Å². The average molecular weight is 249 g/mol. The Balaban J connectivity index is 1.73. The normalized spacial score (nSPS) is 10.3. The van der Waals surface area contributed by atoms with Crippen LogP contribution >= 0.6 is 0 Å². The van der Waals surface area contributed by atoms with Gasteiger partial charge in [0.25, 0.3) is 5.91 Å². The first-order valence-corrected chi connectivity index (χ1v) is 5.49. The van der Waals surface area contributed by atoms with Crippen LogP contribution < -0.4 is 5.32 Å². The van der Waals surface area contributed by atoms with Crippen LogP contribution in [-0.4, -0.2) is 32.6 Å². The van der Waals surface area contributed by atoms with E-state index in [-0.39, 0.29) is 5.91 Å². The first kappa shape index (κ1) is 12.2. The number of nitrogens with zero attached hydrogens (tertiary/aromatic N) is 3. The molecule has 0 saturated heterocycles. The number of aromatic nitrogens is 4. The molecule has 0 aliphatic carbocycles. The lowest BCUT2D eigenvalue weighted by molar-refractivity contribution is 0.0952. The molecule has 2 N–H and O–H groups in total. The summed E-state index contributed by atoms with van der Waals surface area (Å²) in [4.78, 5) is 19.0. The van der Waals surface area contributed by atoms with E-state index in [4.69, 9.17) is 0 Å². The monoisotopic (exact) mass is 249 g/mol. The molecule has 0 bridgehead atoms. The summed E-state index contributed by atoms with van der Waals surface area (Å²) in [5.74, 6) is -0.0790. The summed E-state index contributed by atoms with van der Waals surface area (Å²) in [6.45, 7) is 0.511. The standard InChI is InChI=1S/C11H12FN5O/c12-9-4-3-8(6-14-9)11(18)13-5-1-2-10-15-7-16-17-10/h3-4,6-7H,1-2,5H2,(H,13,18)(H,15,16,17). The smallest absolute Gasteiger partial charge is 0.252 e. The molecule has 0 saturated carbocycles. The number of carbonyl (C=O) groups excluding carboxylic acids is 1. The summed E-state index contributed by atoms with van der Waals surface area (Å²) < 4.78 is 12.6. The number of hydrogen-bond acceptors (Lipinski definition) is 4. The highest BCUT2D eigenvalue weighted by Crippen LogP contribution is 1.99. The molecule has 94 valence electrons. The quantitative estimate of drug-likeness (QED) is 0.603. The Labute approximate surface area is 103 Å². The van der Waals surface area contributed by atoms with Crippen molar-refractivity contribution >= 4 is 5.91 Å². The maximum atomic E-state index is 12.6. The molecule has 1 amide bonds. The number of hydrogen-bond donors (Lipinski definition) is 2. The summed E-state index contributed by atoms with van der Waals surface area (Å²) in [6, 6.07) is 2.55. The van der Waals surface area contributed by atoms with Gasteiger partial charge >= 0.3 is 0 Å². The number of aromatic amines is 1. The fourth-order valence-corrected chi connectivity index (χ4v) is 1.42. The van der Waals surface area contributed by atoms with Crippen molar-refractivity contribution in [2.75, 3.05) is 6.54 Å². The third-order valence-corrected chi connectivity index (χ3v) is 2.33. The summed E-state index contributed by atoms with van der Waals surface area (Å²) >= 11 is 0. The first-order valence-electron chi connectivity index (χ1n) is 5.49. The van der Waals surface area contributed by atoms with Gasteiger partial charge < -0.3 is 5.32 Å². The van der Waals surface area contributed by atoms with E-state index in [9.17, 15) is 9.18 Å². The average Bonchev–Trinajstić information content (AvgIpc) is 2.88. The Kier molecular flexibility index (Phi) is 3.95. The zero-order valence-electron chi connectivity index (χ0n) is 9.56. The molecular weight excluding hydrogens is 237 g/mol. The third-order valence-electron chi connectivity index (χ3n) is 2.33. The van der Waals surface area contributed by atoms with E-state index in [1.165, 1.54) is 18.6 Å². The van der Waals surface area contributed by atoms with Crippen LogP contribution in [0.3, 0.4) is 0 Å². The van der Waals surface area contributed by atoms with Crippen LogP contribution in [0.25, 0.3) is 0 Å². The Morgan fingerprint density at radius 1 is 1.39 bits per heavy atom. The molecule has 2 rings (SSSR count). The SMILES string of the molecule is O=C(NCCCc1ncn[nH]1)c1ccc(F)nc1. The van der Waals surface area contributed by atoms with E-state index in [0.29, 0.717) is 18.5 Å². The molecule has 0 radical (unpaired) electrons. The molecule has 2 aromatic heterocycles. The summed E-state index contributed by atoms with van der Waals surface area (Å²) in [5, 5.41) is 9.18. The lowest BCUT2D eigenvalue weighted by Crippen LogP contribution is -2.25. The number of aryl methyl sites for hydroxylation is 1. The molecule has 2 heterocycles. The van der Waals surface area contributed by atoms with Gasteiger partial charge in [0.2, 0.25) is 5.95 Å². The van der Waals surface area contributed by atoms with Gasteiger partial charge in [0.15, 0.2) is 0 Å².